The van der Waals surface area contributed by atoms with Crippen molar-refractivity contribution in [3.8, 4) is 11.5 Å². The van der Waals surface area contributed by atoms with Crippen molar-refractivity contribution in [3.63, 3.8) is 0 Å². The molecule has 2 rings (SSSR count). The SMILES string of the molecule is CC[C@H](C)NC(=O)[C@H](CC)N(Cc1ccc(OC)cc1)C(=O)COc1ccc(Br)cc1Cl. The Bertz CT molecular complexity index is 907. The number of halogens is 2. The topological polar surface area (TPSA) is 67.9 Å². The quantitative estimate of drug-likeness (QED) is 0.437. The summed E-state index contributed by atoms with van der Waals surface area (Å²) in [5, 5.41) is 3.39. The number of rotatable bonds is 11. The highest BCUT2D eigenvalue weighted by Gasteiger charge is 2.29. The number of carbonyl (C=O) groups excluding carboxylic acids is 2. The maximum absolute atomic E-state index is 13.2. The van der Waals surface area contributed by atoms with E-state index in [0.29, 0.717) is 17.2 Å². The number of hydrogen-bond donors (Lipinski definition) is 1. The van der Waals surface area contributed by atoms with Gasteiger partial charge >= 0.3 is 0 Å². The van der Waals surface area contributed by atoms with Crippen LogP contribution >= 0.6 is 27.5 Å². The van der Waals surface area contributed by atoms with Crippen LogP contribution in [0.15, 0.2) is 46.9 Å². The number of ether oxygens (including phenoxy) is 2. The van der Waals surface area contributed by atoms with Crippen LogP contribution < -0.4 is 14.8 Å². The van der Waals surface area contributed by atoms with Crippen molar-refractivity contribution in [1.82, 2.24) is 10.2 Å². The minimum absolute atomic E-state index is 0.0207. The predicted octanol–water partition coefficient (Wildman–Crippen LogP) is 5.21. The summed E-state index contributed by atoms with van der Waals surface area (Å²) in [6.07, 6.45) is 1.28. The van der Waals surface area contributed by atoms with Crippen LogP contribution in [-0.4, -0.2) is 42.5 Å². The molecule has 0 aliphatic rings. The molecule has 0 aromatic heterocycles. The maximum atomic E-state index is 13.2. The molecule has 2 atom stereocenters. The molecule has 0 heterocycles. The number of carbonyl (C=O) groups is 2. The summed E-state index contributed by atoms with van der Waals surface area (Å²) in [7, 11) is 1.60. The smallest absolute Gasteiger partial charge is 0.261 e. The molecule has 0 aliphatic carbocycles. The molecular formula is C24H30BrClN2O4. The van der Waals surface area contributed by atoms with Gasteiger partial charge in [-0.3, -0.25) is 9.59 Å². The van der Waals surface area contributed by atoms with E-state index in [-0.39, 0.29) is 31.0 Å². The van der Waals surface area contributed by atoms with Crippen molar-refractivity contribution in [1.29, 1.82) is 0 Å². The summed E-state index contributed by atoms with van der Waals surface area (Å²) >= 11 is 9.56. The molecule has 0 spiro atoms. The third kappa shape index (κ3) is 7.41. The largest absolute Gasteiger partial charge is 0.497 e. The Morgan fingerprint density at radius 1 is 1.12 bits per heavy atom. The Kier molecular flexibility index (Phi) is 10.3. The van der Waals surface area contributed by atoms with Gasteiger partial charge in [0.05, 0.1) is 12.1 Å². The Morgan fingerprint density at radius 3 is 2.38 bits per heavy atom. The molecule has 2 aromatic rings. The zero-order chi connectivity index (χ0) is 23.7. The van der Waals surface area contributed by atoms with Gasteiger partial charge in [-0.1, -0.05) is 53.5 Å². The lowest BCUT2D eigenvalue weighted by molar-refractivity contribution is -0.143. The van der Waals surface area contributed by atoms with Gasteiger partial charge in [-0.05, 0) is 55.7 Å². The molecule has 0 unspecified atom stereocenters. The molecule has 1 N–H and O–H groups in total. The first-order chi connectivity index (χ1) is 15.3. The van der Waals surface area contributed by atoms with E-state index in [1.54, 1.807) is 30.2 Å². The molecule has 0 saturated carbocycles. The number of methoxy groups -OCH3 is 1. The highest BCUT2D eigenvalue weighted by molar-refractivity contribution is 9.10. The van der Waals surface area contributed by atoms with Crippen molar-refractivity contribution >= 4 is 39.3 Å². The second-order valence-corrected chi connectivity index (χ2v) is 8.80. The highest BCUT2D eigenvalue weighted by Crippen LogP contribution is 2.28. The van der Waals surface area contributed by atoms with Crippen LogP contribution in [0.5, 0.6) is 11.5 Å². The lowest BCUT2D eigenvalue weighted by Crippen LogP contribution is -2.51. The summed E-state index contributed by atoms with van der Waals surface area (Å²) < 4.78 is 11.7. The minimum Gasteiger partial charge on any atom is -0.497 e. The summed E-state index contributed by atoms with van der Waals surface area (Å²) in [4.78, 5) is 27.7. The summed E-state index contributed by atoms with van der Waals surface area (Å²) in [6.45, 7) is 5.87. The maximum Gasteiger partial charge on any atom is 0.261 e. The molecule has 0 saturated heterocycles. The van der Waals surface area contributed by atoms with E-state index in [2.05, 4.69) is 21.2 Å². The molecule has 8 heteroatoms. The minimum atomic E-state index is -0.623. The summed E-state index contributed by atoms with van der Waals surface area (Å²) in [5.74, 6) is 0.655. The molecule has 0 aliphatic heterocycles. The number of amides is 2. The van der Waals surface area contributed by atoms with E-state index < -0.39 is 6.04 Å². The molecule has 0 radical (unpaired) electrons. The van der Waals surface area contributed by atoms with Crippen molar-refractivity contribution < 1.29 is 19.1 Å². The van der Waals surface area contributed by atoms with Crippen molar-refractivity contribution in [2.24, 2.45) is 0 Å². The Balaban J connectivity index is 2.23. The fourth-order valence-corrected chi connectivity index (χ4v) is 3.83. The molecular weight excluding hydrogens is 496 g/mol. The summed E-state index contributed by atoms with van der Waals surface area (Å²) in [6, 6.07) is 12.0. The second-order valence-electron chi connectivity index (χ2n) is 7.48. The van der Waals surface area contributed by atoms with E-state index in [1.165, 1.54) is 0 Å². The number of benzene rings is 2. The first-order valence-corrected chi connectivity index (χ1v) is 11.8. The van der Waals surface area contributed by atoms with Gasteiger partial charge in [-0.2, -0.15) is 0 Å². The fraction of sp³-hybridized carbons (Fsp3) is 0.417. The van der Waals surface area contributed by atoms with Crippen molar-refractivity contribution in [2.75, 3.05) is 13.7 Å². The molecule has 2 amide bonds. The number of nitrogens with one attached hydrogen (secondary N) is 1. The van der Waals surface area contributed by atoms with E-state index >= 15 is 0 Å². The van der Waals surface area contributed by atoms with Crippen LogP contribution in [0.2, 0.25) is 5.02 Å². The van der Waals surface area contributed by atoms with Gasteiger partial charge in [0.15, 0.2) is 6.61 Å². The number of hydrogen-bond acceptors (Lipinski definition) is 4. The third-order valence-corrected chi connectivity index (χ3v) is 5.93. The zero-order valence-electron chi connectivity index (χ0n) is 18.9. The fourth-order valence-electron chi connectivity index (χ4n) is 3.10. The predicted molar refractivity (Wildman–Crippen MR) is 130 cm³/mol. The highest BCUT2D eigenvalue weighted by atomic mass is 79.9. The van der Waals surface area contributed by atoms with Crippen LogP contribution in [0.4, 0.5) is 0 Å². The Labute approximate surface area is 203 Å². The summed E-state index contributed by atoms with van der Waals surface area (Å²) in [5.41, 5.74) is 0.885. The van der Waals surface area contributed by atoms with Gasteiger partial charge in [0, 0.05) is 17.1 Å². The van der Waals surface area contributed by atoms with Crippen molar-refractivity contribution in [3.05, 3.63) is 57.5 Å². The average molecular weight is 526 g/mol. The van der Waals surface area contributed by atoms with Gasteiger partial charge in [0.2, 0.25) is 5.91 Å². The molecule has 0 bridgehead atoms. The third-order valence-electron chi connectivity index (χ3n) is 5.14. The van der Waals surface area contributed by atoms with E-state index in [1.807, 2.05) is 45.0 Å². The van der Waals surface area contributed by atoms with Gasteiger partial charge in [-0.15, -0.1) is 0 Å². The van der Waals surface area contributed by atoms with Gasteiger partial charge in [0.25, 0.3) is 5.91 Å². The monoisotopic (exact) mass is 524 g/mol. The number of nitrogens with zero attached hydrogens (tertiary/aromatic N) is 1. The molecule has 2 aromatic carbocycles. The first-order valence-electron chi connectivity index (χ1n) is 10.6. The Morgan fingerprint density at radius 2 is 1.81 bits per heavy atom. The van der Waals surface area contributed by atoms with E-state index in [0.717, 1.165) is 22.2 Å². The molecule has 32 heavy (non-hydrogen) atoms. The lowest BCUT2D eigenvalue weighted by atomic mass is 10.1. The molecule has 0 fully saturated rings. The van der Waals surface area contributed by atoms with Gasteiger partial charge in [-0.25, -0.2) is 0 Å². The zero-order valence-corrected chi connectivity index (χ0v) is 21.2. The van der Waals surface area contributed by atoms with Crippen molar-refractivity contribution in [2.45, 2.75) is 52.2 Å². The first kappa shape index (κ1) is 26.0. The van der Waals surface area contributed by atoms with E-state index in [4.69, 9.17) is 21.1 Å². The second kappa shape index (κ2) is 12.7. The Hall–Kier alpha value is -2.25. The van der Waals surface area contributed by atoms with Gasteiger partial charge < -0.3 is 19.7 Å². The van der Waals surface area contributed by atoms with Crippen LogP contribution in [0.1, 0.15) is 39.2 Å². The molecule has 174 valence electrons. The van der Waals surface area contributed by atoms with E-state index in [9.17, 15) is 9.59 Å². The standard InChI is InChI=1S/C24H30BrClN2O4/c1-5-16(3)27-24(30)21(6-2)28(14-17-7-10-19(31-4)11-8-17)23(29)15-32-22-12-9-18(25)13-20(22)26/h7-13,16,21H,5-6,14-15H2,1-4H3,(H,27,30)/t16-,21-/m0/s1. The van der Waals surface area contributed by atoms with Gasteiger partial charge in [0.1, 0.15) is 17.5 Å². The van der Waals surface area contributed by atoms with Crippen LogP contribution in [0.3, 0.4) is 0 Å². The lowest BCUT2D eigenvalue weighted by Gasteiger charge is -2.31. The average Bonchev–Trinajstić information content (AvgIpc) is 2.78. The molecule has 6 nitrogen and oxygen atoms in total. The normalized spacial score (nSPS) is 12.6. The van der Waals surface area contributed by atoms with Crippen LogP contribution in [0.25, 0.3) is 0 Å². The van der Waals surface area contributed by atoms with Crippen LogP contribution in [-0.2, 0) is 16.1 Å². The van der Waals surface area contributed by atoms with Crippen LogP contribution in [0, 0.1) is 0 Å².